The van der Waals surface area contributed by atoms with Crippen LogP contribution in [0.1, 0.15) is 13.8 Å². The average molecular weight is 70.1 g/mol. The first-order valence-corrected chi connectivity index (χ1v) is 1.71. The van der Waals surface area contributed by atoms with Crippen molar-refractivity contribution in [3.8, 4) is 0 Å². The summed E-state index contributed by atoms with van der Waals surface area (Å²) in [6.45, 7) is 11.2. The van der Waals surface area contributed by atoms with Crippen LogP contribution in [0.15, 0.2) is 0 Å². The van der Waals surface area contributed by atoms with Crippen LogP contribution in [0.5, 0.6) is 0 Å². The van der Waals surface area contributed by atoms with Gasteiger partial charge in [-0.25, -0.2) is 0 Å². The maximum Gasteiger partial charge on any atom is -0.0354 e. The summed E-state index contributed by atoms with van der Waals surface area (Å²) in [6.07, 6.45) is 0. The molecule has 5 heavy (non-hydrogen) atoms. The van der Waals surface area contributed by atoms with E-state index in [4.69, 9.17) is 0 Å². The first kappa shape index (κ1) is 5.00. The molecule has 0 amide bonds. The maximum atomic E-state index is 3.66. The van der Waals surface area contributed by atoms with Gasteiger partial charge in [-0.15, -0.1) is 0 Å². The van der Waals surface area contributed by atoms with Gasteiger partial charge in [-0.2, -0.15) is 0 Å². The van der Waals surface area contributed by atoms with E-state index in [1.807, 2.05) is 13.8 Å². The molecule has 2 radical (unpaired) electrons. The Kier molecular flexibility index (Phi) is 1.00. The summed E-state index contributed by atoms with van der Waals surface area (Å²) < 4.78 is 0. The van der Waals surface area contributed by atoms with Crippen molar-refractivity contribution in [1.29, 1.82) is 0 Å². The van der Waals surface area contributed by atoms with Gasteiger partial charge in [0.05, 0.1) is 0 Å². The lowest BCUT2D eigenvalue weighted by molar-refractivity contribution is 0.615. The second kappa shape index (κ2) is 1.00. The first-order chi connectivity index (χ1) is 2.00. The number of rotatable bonds is 0. The van der Waals surface area contributed by atoms with Gasteiger partial charge in [0, 0.05) is 0 Å². The summed E-state index contributed by atoms with van der Waals surface area (Å²) in [4.78, 5) is 0. The first-order valence-electron chi connectivity index (χ1n) is 1.71. The average Bonchev–Trinajstić information content (AvgIpc) is 0.722. The minimum absolute atomic E-state index is 0. The van der Waals surface area contributed by atoms with E-state index in [-0.39, 0.29) is 5.41 Å². The monoisotopic (exact) mass is 70.1 g/mol. The normalized spacial score (nSPS) is 12.0. The molecule has 0 aliphatic rings. The van der Waals surface area contributed by atoms with Gasteiger partial charge in [-0.3, -0.25) is 0 Å². The van der Waals surface area contributed by atoms with Crippen LogP contribution < -0.4 is 0 Å². The molecule has 0 aliphatic heterocycles. The van der Waals surface area contributed by atoms with Gasteiger partial charge in [-0.05, 0) is 19.3 Å². The minimum atomic E-state index is 0. The van der Waals surface area contributed by atoms with E-state index in [1.54, 1.807) is 0 Å². The molecule has 0 unspecified atom stereocenters. The van der Waals surface area contributed by atoms with Crippen molar-refractivity contribution in [3.63, 3.8) is 0 Å². The van der Waals surface area contributed by atoms with Crippen LogP contribution >= 0.6 is 0 Å². The van der Waals surface area contributed by atoms with Crippen molar-refractivity contribution >= 4 is 0 Å². The van der Waals surface area contributed by atoms with Crippen LogP contribution in [0, 0.1) is 19.3 Å². The van der Waals surface area contributed by atoms with Gasteiger partial charge in [-0.1, -0.05) is 13.8 Å². The summed E-state index contributed by atoms with van der Waals surface area (Å²) in [5, 5.41) is 0. The molecule has 30 valence electrons. The molecule has 0 atom stereocenters. The second-order valence-electron chi connectivity index (χ2n) is 2.16. The highest BCUT2D eigenvalue weighted by molar-refractivity contribution is 4.71. The molecule has 0 spiro atoms. The van der Waals surface area contributed by atoms with E-state index < -0.39 is 0 Å². The Labute approximate surface area is 34.2 Å². The molecular formula is C5H10. The minimum Gasteiger partial charge on any atom is -0.0599 e. The van der Waals surface area contributed by atoms with E-state index >= 15 is 0 Å². The maximum absolute atomic E-state index is 3.66. The van der Waals surface area contributed by atoms with E-state index in [1.165, 1.54) is 0 Å². The van der Waals surface area contributed by atoms with Crippen molar-refractivity contribution in [2.75, 3.05) is 0 Å². The largest absolute Gasteiger partial charge is 0.0599 e. The van der Waals surface area contributed by atoms with Crippen LogP contribution in [0.3, 0.4) is 0 Å². The lowest BCUT2D eigenvalue weighted by atomic mass is 10.0. The van der Waals surface area contributed by atoms with Gasteiger partial charge in [0.1, 0.15) is 0 Å². The Morgan fingerprint density at radius 2 is 1.20 bits per heavy atom. The summed E-state index contributed by atoms with van der Waals surface area (Å²) in [7, 11) is 0. The lowest BCUT2D eigenvalue weighted by Gasteiger charge is -2.04. The fraction of sp³-hybridized carbons (Fsp3) is 0.600. The Hall–Kier alpha value is 0. The zero-order valence-corrected chi connectivity index (χ0v) is 3.91. The van der Waals surface area contributed by atoms with Crippen molar-refractivity contribution in [2.45, 2.75) is 13.8 Å². The van der Waals surface area contributed by atoms with Gasteiger partial charge in [0.15, 0.2) is 0 Å². The van der Waals surface area contributed by atoms with Crippen LogP contribution in [0.25, 0.3) is 0 Å². The zero-order valence-electron chi connectivity index (χ0n) is 3.91. The van der Waals surface area contributed by atoms with Gasteiger partial charge in [0.2, 0.25) is 0 Å². The third-order valence-electron chi connectivity index (χ3n) is 0. The third-order valence-corrected chi connectivity index (χ3v) is 0. The van der Waals surface area contributed by atoms with Gasteiger partial charge < -0.3 is 0 Å². The SMILES string of the molecule is [CH2]C([CH2])(C)C. The van der Waals surface area contributed by atoms with E-state index in [0.29, 0.717) is 0 Å². The van der Waals surface area contributed by atoms with Crippen LogP contribution in [-0.2, 0) is 0 Å². The molecule has 0 N–H and O–H groups in total. The van der Waals surface area contributed by atoms with E-state index in [9.17, 15) is 0 Å². The molecule has 0 aliphatic carbocycles. The molecule has 0 aromatic heterocycles. The zero-order chi connectivity index (χ0) is 4.50. The van der Waals surface area contributed by atoms with Crippen molar-refractivity contribution in [3.05, 3.63) is 13.8 Å². The molecule has 0 heterocycles. The predicted molar refractivity (Wildman–Crippen MR) is 24.5 cm³/mol. The molecule has 0 nitrogen and oxygen atoms in total. The standard InChI is InChI=1S/C5H10/c1-5(2,3)4/h1-2H2,3-4H3. The molecular weight excluding hydrogens is 60.1 g/mol. The Balaban J connectivity index is 3.02. The molecule has 0 aromatic carbocycles. The molecule has 0 bridgehead atoms. The number of hydrogen-bond donors (Lipinski definition) is 0. The molecule has 0 heteroatoms. The van der Waals surface area contributed by atoms with Gasteiger partial charge >= 0.3 is 0 Å². The van der Waals surface area contributed by atoms with E-state index in [0.717, 1.165) is 0 Å². The topological polar surface area (TPSA) is 0 Å². The molecule has 0 saturated carbocycles. The lowest BCUT2D eigenvalue weighted by Crippen LogP contribution is -1.94. The van der Waals surface area contributed by atoms with Crippen LogP contribution in [0.2, 0.25) is 0 Å². The Morgan fingerprint density at radius 1 is 1.20 bits per heavy atom. The van der Waals surface area contributed by atoms with Crippen LogP contribution in [-0.4, -0.2) is 0 Å². The Morgan fingerprint density at radius 3 is 1.20 bits per heavy atom. The third kappa shape index (κ3) is 0. The molecule has 0 aromatic rings. The highest BCUT2D eigenvalue weighted by atomic mass is 14.0. The highest BCUT2D eigenvalue weighted by Crippen LogP contribution is 2.06. The van der Waals surface area contributed by atoms with E-state index in [2.05, 4.69) is 13.8 Å². The number of hydrogen-bond acceptors (Lipinski definition) is 0. The van der Waals surface area contributed by atoms with Crippen LogP contribution in [0.4, 0.5) is 0 Å². The smallest absolute Gasteiger partial charge is 0.0354 e. The second-order valence-corrected chi connectivity index (χ2v) is 2.16. The molecule has 0 saturated heterocycles. The summed E-state index contributed by atoms with van der Waals surface area (Å²) >= 11 is 0. The van der Waals surface area contributed by atoms with Crippen molar-refractivity contribution in [1.82, 2.24) is 0 Å². The highest BCUT2D eigenvalue weighted by Gasteiger charge is 1.96. The van der Waals surface area contributed by atoms with Crippen molar-refractivity contribution < 1.29 is 0 Å². The molecule has 0 rings (SSSR count). The fourth-order valence-electron chi connectivity index (χ4n) is 0. The molecule has 0 fully saturated rings. The predicted octanol–water partition coefficient (Wildman–Crippen LogP) is 1.68. The van der Waals surface area contributed by atoms with Gasteiger partial charge in [0.25, 0.3) is 0 Å². The summed E-state index contributed by atoms with van der Waals surface area (Å²) in [5.41, 5.74) is 0. The summed E-state index contributed by atoms with van der Waals surface area (Å²) in [5.74, 6) is 0. The summed E-state index contributed by atoms with van der Waals surface area (Å²) in [6, 6.07) is 0. The van der Waals surface area contributed by atoms with Crippen molar-refractivity contribution in [2.24, 2.45) is 5.41 Å². The Bertz CT molecular complexity index is 15.5. The quantitative estimate of drug-likeness (QED) is 0.407. The fourth-order valence-corrected chi connectivity index (χ4v) is 0.